The number of thioether (sulfide) groups is 1. The van der Waals surface area contributed by atoms with E-state index < -0.39 is 0 Å². The second-order valence-corrected chi connectivity index (χ2v) is 5.21. The predicted molar refractivity (Wildman–Crippen MR) is 61.2 cm³/mol. The zero-order valence-electron chi connectivity index (χ0n) is 9.05. The van der Waals surface area contributed by atoms with Gasteiger partial charge < -0.3 is 10.6 Å². The number of likely N-dealkylation sites (N-methyl/N-ethyl adjacent to an activating group) is 1. The molecule has 2 N–H and O–H groups in total. The first-order valence-corrected chi connectivity index (χ1v) is 6.49. The van der Waals surface area contributed by atoms with Gasteiger partial charge in [-0.05, 0) is 32.6 Å². The summed E-state index contributed by atoms with van der Waals surface area (Å²) in [6.45, 7) is 3.33. The molecule has 0 radical (unpaired) electrons. The zero-order chi connectivity index (χ0) is 9.90. The molecule has 0 amide bonds. The number of hydrogen-bond donors (Lipinski definition) is 1. The smallest absolute Gasteiger partial charge is 0.0284 e. The molecule has 0 aliphatic heterocycles. The highest BCUT2D eigenvalue weighted by molar-refractivity contribution is 7.98. The summed E-state index contributed by atoms with van der Waals surface area (Å²) in [6, 6.07) is 0.705. The molecular formula is C10H22N2S. The molecule has 0 heterocycles. The van der Waals surface area contributed by atoms with Crippen LogP contribution in [0.5, 0.6) is 0 Å². The minimum Gasteiger partial charge on any atom is -0.324 e. The molecular weight excluding hydrogens is 180 g/mol. The molecule has 0 saturated heterocycles. The van der Waals surface area contributed by atoms with Gasteiger partial charge in [-0.25, -0.2) is 0 Å². The second-order valence-electron chi connectivity index (χ2n) is 4.29. The van der Waals surface area contributed by atoms with Crippen LogP contribution in [0.3, 0.4) is 0 Å². The van der Waals surface area contributed by atoms with Crippen molar-refractivity contribution in [3.8, 4) is 0 Å². The molecule has 0 spiro atoms. The fourth-order valence-electron chi connectivity index (χ4n) is 1.69. The van der Waals surface area contributed by atoms with Gasteiger partial charge in [-0.2, -0.15) is 11.8 Å². The molecule has 2 nitrogen and oxygen atoms in total. The SMILES string of the molecule is CCC(CSC)N(C)CC1(N)CC1. The average molecular weight is 202 g/mol. The Bertz CT molecular complexity index is 157. The molecule has 1 aliphatic rings. The van der Waals surface area contributed by atoms with Crippen molar-refractivity contribution in [1.82, 2.24) is 4.90 Å². The number of nitrogens with two attached hydrogens (primary N) is 1. The molecule has 3 heteroatoms. The fourth-order valence-corrected chi connectivity index (χ4v) is 2.57. The Balaban J connectivity index is 2.30. The number of rotatable bonds is 6. The third-order valence-corrected chi connectivity index (χ3v) is 3.63. The van der Waals surface area contributed by atoms with Crippen LogP contribution in [0, 0.1) is 0 Å². The molecule has 1 rings (SSSR count). The highest BCUT2D eigenvalue weighted by Crippen LogP contribution is 2.33. The zero-order valence-corrected chi connectivity index (χ0v) is 9.86. The number of nitrogens with zero attached hydrogens (tertiary/aromatic N) is 1. The summed E-state index contributed by atoms with van der Waals surface area (Å²) in [4.78, 5) is 2.43. The van der Waals surface area contributed by atoms with E-state index >= 15 is 0 Å². The maximum absolute atomic E-state index is 6.09. The molecule has 1 aliphatic carbocycles. The van der Waals surface area contributed by atoms with Crippen LogP contribution in [0.1, 0.15) is 26.2 Å². The van der Waals surface area contributed by atoms with Crippen molar-refractivity contribution >= 4 is 11.8 Å². The first kappa shape index (κ1) is 11.3. The summed E-state index contributed by atoms with van der Waals surface area (Å²) in [6.07, 6.45) is 5.83. The molecule has 1 fully saturated rings. The average Bonchev–Trinajstić information content (AvgIpc) is 2.78. The van der Waals surface area contributed by atoms with E-state index in [2.05, 4.69) is 25.1 Å². The fraction of sp³-hybridized carbons (Fsp3) is 1.00. The van der Waals surface area contributed by atoms with Crippen molar-refractivity contribution in [2.75, 3.05) is 25.6 Å². The van der Waals surface area contributed by atoms with Crippen molar-refractivity contribution < 1.29 is 0 Å². The van der Waals surface area contributed by atoms with Gasteiger partial charge in [-0.3, -0.25) is 0 Å². The van der Waals surface area contributed by atoms with Crippen LogP contribution in [0.15, 0.2) is 0 Å². The van der Waals surface area contributed by atoms with Crippen LogP contribution in [0.25, 0.3) is 0 Å². The van der Waals surface area contributed by atoms with Crippen molar-refractivity contribution in [1.29, 1.82) is 0 Å². The Labute approximate surface area is 86.2 Å². The molecule has 0 bridgehead atoms. The van der Waals surface area contributed by atoms with E-state index in [1.54, 1.807) is 0 Å². The maximum Gasteiger partial charge on any atom is 0.0284 e. The Morgan fingerprint density at radius 1 is 1.54 bits per heavy atom. The van der Waals surface area contributed by atoms with E-state index in [4.69, 9.17) is 5.73 Å². The molecule has 1 atom stereocenters. The summed E-state index contributed by atoms with van der Waals surface area (Å²) in [5.41, 5.74) is 6.25. The minimum atomic E-state index is 0.167. The summed E-state index contributed by atoms with van der Waals surface area (Å²) < 4.78 is 0. The summed E-state index contributed by atoms with van der Waals surface area (Å²) >= 11 is 1.93. The maximum atomic E-state index is 6.09. The monoisotopic (exact) mass is 202 g/mol. The van der Waals surface area contributed by atoms with Crippen molar-refractivity contribution in [3.63, 3.8) is 0 Å². The second kappa shape index (κ2) is 4.67. The van der Waals surface area contributed by atoms with Crippen LogP contribution in [0.2, 0.25) is 0 Å². The van der Waals surface area contributed by atoms with Gasteiger partial charge in [-0.1, -0.05) is 6.92 Å². The molecule has 1 saturated carbocycles. The lowest BCUT2D eigenvalue weighted by Gasteiger charge is -2.29. The summed E-state index contributed by atoms with van der Waals surface area (Å²) in [5, 5.41) is 0. The third kappa shape index (κ3) is 3.49. The largest absolute Gasteiger partial charge is 0.324 e. The van der Waals surface area contributed by atoms with Gasteiger partial charge >= 0.3 is 0 Å². The van der Waals surface area contributed by atoms with E-state index in [0.29, 0.717) is 6.04 Å². The lowest BCUT2D eigenvalue weighted by molar-refractivity contribution is 0.235. The number of hydrogen-bond acceptors (Lipinski definition) is 3. The standard InChI is InChI=1S/C10H22N2S/c1-4-9(7-13-3)12(2)8-10(11)5-6-10/h9H,4-8,11H2,1-3H3. The quantitative estimate of drug-likeness (QED) is 0.708. The van der Waals surface area contributed by atoms with Gasteiger partial charge in [0, 0.05) is 23.9 Å². The van der Waals surface area contributed by atoms with E-state index in [-0.39, 0.29) is 5.54 Å². The minimum absolute atomic E-state index is 0.167. The lowest BCUT2D eigenvalue weighted by atomic mass is 10.2. The van der Waals surface area contributed by atoms with Crippen LogP contribution in [-0.2, 0) is 0 Å². The molecule has 0 aromatic carbocycles. The van der Waals surface area contributed by atoms with Gasteiger partial charge in [-0.15, -0.1) is 0 Å². The van der Waals surface area contributed by atoms with Gasteiger partial charge in [0.25, 0.3) is 0 Å². The Morgan fingerprint density at radius 3 is 2.54 bits per heavy atom. The third-order valence-electron chi connectivity index (χ3n) is 2.91. The molecule has 0 aromatic heterocycles. The van der Waals surface area contributed by atoms with Crippen LogP contribution >= 0.6 is 11.8 Å². The van der Waals surface area contributed by atoms with Gasteiger partial charge in [0.05, 0.1) is 0 Å². The normalized spacial score (nSPS) is 21.9. The van der Waals surface area contributed by atoms with Crippen molar-refractivity contribution in [2.24, 2.45) is 5.73 Å². The molecule has 78 valence electrons. The Hall–Kier alpha value is 0.270. The van der Waals surface area contributed by atoms with Gasteiger partial charge in [0.2, 0.25) is 0 Å². The Morgan fingerprint density at radius 2 is 2.15 bits per heavy atom. The molecule has 1 unspecified atom stereocenters. The van der Waals surface area contributed by atoms with Gasteiger partial charge in [0.1, 0.15) is 0 Å². The lowest BCUT2D eigenvalue weighted by Crippen LogP contribution is -2.43. The summed E-state index contributed by atoms with van der Waals surface area (Å²) in [5.74, 6) is 1.23. The molecule has 13 heavy (non-hydrogen) atoms. The van der Waals surface area contributed by atoms with Crippen molar-refractivity contribution in [3.05, 3.63) is 0 Å². The van der Waals surface area contributed by atoms with Crippen molar-refractivity contribution in [2.45, 2.75) is 37.8 Å². The topological polar surface area (TPSA) is 29.3 Å². The first-order chi connectivity index (χ1) is 6.11. The highest BCUT2D eigenvalue weighted by Gasteiger charge is 2.39. The molecule has 0 aromatic rings. The highest BCUT2D eigenvalue weighted by atomic mass is 32.2. The van der Waals surface area contributed by atoms with E-state index in [1.165, 1.54) is 25.0 Å². The van der Waals surface area contributed by atoms with Crippen LogP contribution in [-0.4, -0.2) is 42.1 Å². The van der Waals surface area contributed by atoms with E-state index in [1.807, 2.05) is 11.8 Å². The van der Waals surface area contributed by atoms with E-state index in [9.17, 15) is 0 Å². The van der Waals surface area contributed by atoms with E-state index in [0.717, 1.165) is 6.54 Å². The van der Waals surface area contributed by atoms with Gasteiger partial charge in [0.15, 0.2) is 0 Å². The predicted octanol–water partition coefficient (Wildman–Crippen LogP) is 1.55. The summed E-state index contributed by atoms with van der Waals surface area (Å²) in [7, 11) is 2.21. The van der Waals surface area contributed by atoms with Crippen LogP contribution < -0.4 is 5.73 Å². The first-order valence-electron chi connectivity index (χ1n) is 5.09. The Kier molecular flexibility index (Phi) is 4.07. The van der Waals surface area contributed by atoms with Crippen LogP contribution in [0.4, 0.5) is 0 Å².